The summed E-state index contributed by atoms with van der Waals surface area (Å²) in [7, 11) is 0. The van der Waals surface area contributed by atoms with Crippen LogP contribution in [0.4, 0.5) is 0 Å². The average molecular weight is 284 g/mol. The minimum Gasteiger partial charge on any atom is -0.389 e. The van der Waals surface area contributed by atoms with Gasteiger partial charge in [0.2, 0.25) is 0 Å². The van der Waals surface area contributed by atoms with Crippen LogP contribution in [-0.4, -0.2) is 36.1 Å². The van der Waals surface area contributed by atoms with Crippen molar-refractivity contribution in [2.45, 2.75) is 58.1 Å². The Morgan fingerprint density at radius 3 is 2.85 bits per heavy atom. The first-order valence-electron chi connectivity index (χ1n) is 7.69. The molecule has 116 valence electrons. The maximum absolute atomic E-state index is 9.72. The second-order valence-corrected chi connectivity index (χ2v) is 5.11. The van der Waals surface area contributed by atoms with E-state index in [9.17, 15) is 5.11 Å². The van der Waals surface area contributed by atoms with E-state index in [2.05, 4.69) is 17.4 Å². The zero-order valence-electron chi connectivity index (χ0n) is 12.5. The van der Waals surface area contributed by atoms with E-state index in [4.69, 9.17) is 9.26 Å². The van der Waals surface area contributed by atoms with Gasteiger partial charge in [-0.1, -0.05) is 44.2 Å². The summed E-state index contributed by atoms with van der Waals surface area (Å²) < 4.78 is 10.4. The number of hydrogen-bond acceptors (Lipinski definition) is 5. The molecule has 5 nitrogen and oxygen atoms in total. The molecule has 0 aliphatic rings. The predicted molar refractivity (Wildman–Crippen MR) is 78.4 cm³/mol. The van der Waals surface area contributed by atoms with Gasteiger partial charge in [0.05, 0.1) is 25.5 Å². The Labute approximate surface area is 121 Å². The van der Waals surface area contributed by atoms with Crippen LogP contribution < -0.4 is 5.32 Å². The van der Waals surface area contributed by atoms with E-state index in [-0.39, 0.29) is 0 Å². The molecule has 0 saturated carbocycles. The van der Waals surface area contributed by atoms with Crippen LogP contribution in [0.15, 0.2) is 16.8 Å². The van der Waals surface area contributed by atoms with Crippen LogP contribution in [0.25, 0.3) is 0 Å². The molecule has 0 aromatic carbocycles. The van der Waals surface area contributed by atoms with E-state index in [1.807, 2.05) is 0 Å². The van der Waals surface area contributed by atoms with Gasteiger partial charge in [-0.25, -0.2) is 0 Å². The molecule has 0 fully saturated rings. The van der Waals surface area contributed by atoms with E-state index in [0.29, 0.717) is 19.7 Å². The summed E-state index contributed by atoms with van der Waals surface area (Å²) in [5.41, 5.74) is 0. The lowest BCUT2D eigenvalue weighted by molar-refractivity contribution is 0.0350. The molecule has 5 heteroatoms. The number of hydrogen-bond donors (Lipinski definition) is 2. The van der Waals surface area contributed by atoms with Gasteiger partial charge in [-0.3, -0.25) is 0 Å². The first-order valence-corrected chi connectivity index (χ1v) is 7.69. The molecule has 0 amide bonds. The normalized spacial score (nSPS) is 12.7. The lowest BCUT2D eigenvalue weighted by atomic mass is 10.1. The quantitative estimate of drug-likeness (QED) is 0.545. The molecule has 1 aromatic rings. The van der Waals surface area contributed by atoms with Gasteiger partial charge in [-0.2, -0.15) is 0 Å². The molecule has 1 rings (SSSR count). The van der Waals surface area contributed by atoms with Crippen LogP contribution >= 0.6 is 0 Å². The first-order chi connectivity index (χ1) is 9.83. The summed E-state index contributed by atoms with van der Waals surface area (Å²) in [6.45, 7) is 4.43. The van der Waals surface area contributed by atoms with Gasteiger partial charge in [-0.15, -0.1) is 0 Å². The van der Waals surface area contributed by atoms with E-state index < -0.39 is 6.10 Å². The van der Waals surface area contributed by atoms with Crippen LogP contribution in [0.3, 0.4) is 0 Å². The molecule has 0 spiro atoms. The summed E-state index contributed by atoms with van der Waals surface area (Å²) in [6.07, 6.45) is 8.67. The van der Waals surface area contributed by atoms with Crippen LogP contribution in [0.2, 0.25) is 0 Å². The third-order valence-electron chi connectivity index (χ3n) is 3.12. The van der Waals surface area contributed by atoms with Crippen molar-refractivity contribution in [3.8, 4) is 0 Å². The lowest BCUT2D eigenvalue weighted by Gasteiger charge is -2.11. The highest BCUT2D eigenvalue weighted by atomic mass is 16.5. The van der Waals surface area contributed by atoms with Crippen molar-refractivity contribution in [3.05, 3.63) is 18.0 Å². The molecule has 1 aromatic heterocycles. The summed E-state index contributed by atoms with van der Waals surface area (Å²) >= 11 is 0. The fourth-order valence-corrected chi connectivity index (χ4v) is 1.96. The Hall–Kier alpha value is -0.910. The maximum Gasteiger partial charge on any atom is 0.150 e. The van der Waals surface area contributed by atoms with Crippen LogP contribution in [0.1, 0.15) is 51.2 Å². The number of unbranched alkanes of at least 4 members (excludes halogenated alkanes) is 5. The molecular weight excluding hydrogens is 256 g/mol. The van der Waals surface area contributed by atoms with Crippen molar-refractivity contribution in [1.29, 1.82) is 0 Å². The number of nitrogens with one attached hydrogen (secondary N) is 1. The second-order valence-electron chi connectivity index (χ2n) is 5.11. The average Bonchev–Trinajstić information content (AvgIpc) is 2.95. The Bertz CT molecular complexity index is 304. The minimum absolute atomic E-state index is 0.387. The van der Waals surface area contributed by atoms with Crippen LogP contribution in [-0.2, 0) is 11.3 Å². The summed E-state index contributed by atoms with van der Waals surface area (Å²) in [5, 5.41) is 16.4. The molecule has 1 heterocycles. The molecule has 1 atom stereocenters. The van der Waals surface area contributed by atoms with Gasteiger partial charge in [0.25, 0.3) is 0 Å². The molecule has 1 unspecified atom stereocenters. The number of aromatic nitrogens is 1. The van der Waals surface area contributed by atoms with Crippen molar-refractivity contribution in [2.24, 2.45) is 0 Å². The fraction of sp³-hybridized carbons (Fsp3) is 0.800. The van der Waals surface area contributed by atoms with Crippen LogP contribution in [0, 0.1) is 0 Å². The zero-order chi connectivity index (χ0) is 14.5. The number of rotatable bonds is 13. The SMILES string of the molecule is CCCCCCCCOCC(O)CNCc1ccno1. The van der Waals surface area contributed by atoms with Crippen molar-refractivity contribution in [1.82, 2.24) is 10.5 Å². The molecule has 20 heavy (non-hydrogen) atoms. The molecule has 0 aliphatic carbocycles. The monoisotopic (exact) mass is 284 g/mol. The second kappa shape index (κ2) is 11.9. The Morgan fingerprint density at radius 1 is 1.30 bits per heavy atom. The van der Waals surface area contributed by atoms with Crippen molar-refractivity contribution >= 4 is 0 Å². The van der Waals surface area contributed by atoms with Gasteiger partial charge >= 0.3 is 0 Å². The van der Waals surface area contributed by atoms with Crippen LogP contribution in [0.5, 0.6) is 0 Å². The molecule has 0 bridgehead atoms. The van der Waals surface area contributed by atoms with Gasteiger partial charge in [0.1, 0.15) is 5.76 Å². The Balaban J connectivity index is 1.84. The Morgan fingerprint density at radius 2 is 2.10 bits per heavy atom. The number of aliphatic hydroxyl groups is 1. The topological polar surface area (TPSA) is 67.5 Å². The van der Waals surface area contributed by atoms with Gasteiger partial charge in [-0.05, 0) is 6.42 Å². The first kappa shape index (κ1) is 17.1. The van der Waals surface area contributed by atoms with Crippen molar-refractivity contribution in [2.75, 3.05) is 19.8 Å². The highest BCUT2D eigenvalue weighted by Gasteiger charge is 2.04. The Kier molecular flexibility index (Phi) is 10.2. The van der Waals surface area contributed by atoms with Crippen molar-refractivity contribution in [3.63, 3.8) is 0 Å². The summed E-state index contributed by atoms with van der Waals surface area (Å²) in [5.74, 6) is 0.769. The molecule has 0 aliphatic heterocycles. The van der Waals surface area contributed by atoms with Crippen molar-refractivity contribution < 1.29 is 14.4 Å². The third-order valence-corrected chi connectivity index (χ3v) is 3.12. The molecule has 0 saturated heterocycles. The number of ether oxygens (including phenoxy) is 1. The minimum atomic E-state index is -0.474. The number of aliphatic hydroxyl groups excluding tert-OH is 1. The fourth-order valence-electron chi connectivity index (χ4n) is 1.96. The van der Waals surface area contributed by atoms with Gasteiger partial charge in [0.15, 0.2) is 0 Å². The predicted octanol–water partition coefficient (Wildman–Crippen LogP) is 2.50. The largest absolute Gasteiger partial charge is 0.389 e. The van der Waals surface area contributed by atoms with Gasteiger partial charge < -0.3 is 19.7 Å². The maximum atomic E-state index is 9.72. The van der Waals surface area contributed by atoms with E-state index >= 15 is 0 Å². The van der Waals surface area contributed by atoms with E-state index in [0.717, 1.165) is 18.8 Å². The molecule has 2 N–H and O–H groups in total. The number of nitrogens with zero attached hydrogens (tertiary/aromatic N) is 1. The van der Waals surface area contributed by atoms with E-state index in [1.165, 1.54) is 32.1 Å². The smallest absolute Gasteiger partial charge is 0.150 e. The summed E-state index contributed by atoms with van der Waals surface area (Å²) in [6, 6.07) is 1.80. The summed E-state index contributed by atoms with van der Waals surface area (Å²) in [4.78, 5) is 0. The standard InChI is InChI=1S/C15H28N2O3/c1-2-3-4-5-6-7-10-19-13-14(18)11-16-12-15-8-9-17-20-15/h8-9,14,16,18H,2-7,10-13H2,1H3. The van der Waals surface area contributed by atoms with Gasteiger partial charge in [0, 0.05) is 19.2 Å². The zero-order valence-corrected chi connectivity index (χ0v) is 12.5. The highest BCUT2D eigenvalue weighted by molar-refractivity contribution is 4.91. The molecule has 0 radical (unpaired) electrons. The lowest BCUT2D eigenvalue weighted by Crippen LogP contribution is -2.30. The van der Waals surface area contributed by atoms with E-state index in [1.54, 1.807) is 12.3 Å². The third kappa shape index (κ3) is 9.07. The molecular formula is C15H28N2O3. The highest BCUT2D eigenvalue weighted by Crippen LogP contribution is 2.05.